The van der Waals surface area contributed by atoms with Crippen LogP contribution in [0.3, 0.4) is 0 Å². The zero-order valence-corrected chi connectivity index (χ0v) is 24.3. The molecule has 0 fully saturated rings. The fraction of sp³-hybridized carbons (Fsp3) is 0.0690. The summed E-state index contributed by atoms with van der Waals surface area (Å²) in [5.74, 6) is -0.632. The van der Waals surface area contributed by atoms with Gasteiger partial charge in [-0.05, 0) is 36.4 Å². The molecule has 5 rings (SSSR count). The van der Waals surface area contributed by atoms with Gasteiger partial charge in [0.05, 0.1) is 26.6 Å². The average Bonchev–Trinajstić information content (AvgIpc) is 2.96. The van der Waals surface area contributed by atoms with Crippen molar-refractivity contribution in [3.63, 3.8) is 0 Å². The van der Waals surface area contributed by atoms with Crippen LogP contribution in [-0.2, 0) is 14.1 Å². The van der Waals surface area contributed by atoms with Gasteiger partial charge in [0.2, 0.25) is 5.52 Å². The van der Waals surface area contributed by atoms with Gasteiger partial charge in [-0.25, -0.2) is 9.13 Å². The van der Waals surface area contributed by atoms with Gasteiger partial charge in [0, 0.05) is 59.5 Å². The number of pyridine rings is 2. The molecule has 0 bridgehead atoms. The Labute approximate surface area is 258 Å². The molecule has 0 radical (unpaired) electrons. The topological polar surface area (TPSA) is 147 Å². The summed E-state index contributed by atoms with van der Waals surface area (Å²) in [5, 5.41) is 32.9. The number of benzene rings is 3. The fourth-order valence-electron chi connectivity index (χ4n) is 4.32. The van der Waals surface area contributed by atoms with E-state index in [4.69, 9.17) is 0 Å². The van der Waals surface area contributed by atoms with Crippen LogP contribution >= 0.6 is 0 Å². The molecule has 0 aliphatic carbocycles. The van der Waals surface area contributed by atoms with Crippen molar-refractivity contribution in [2.45, 2.75) is 0 Å². The van der Waals surface area contributed by atoms with Crippen molar-refractivity contribution in [3.05, 3.63) is 123 Å². The van der Waals surface area contributed by atoms with Crippen molar-refractivity contribution in [2.75, 3.05) is 16.0 Å². The molecule has 1 amide bonds. The number of nitrogens with one attached hydrogen (secondary N) is 3. The van der Waals surface area contributed by atoms with E-state index in [9.17, 15) is 25.0 Å². The van der Waals surface area contributed by atoms with Crippen molar-refractivity contribution >= 4 is 56.6 Å². The monoisotopic (exact) mass is 621 g/mol. The average molecular weight is 622 g/mol. The molecule has 0 unspecified atom stereocenters. The standard InChI is InChI=1S/C29H23N7O5.2ClH/c1-33-14-11-21(12-15-33)30-19-3-5-20(6-4-19)32-29(37)24-9-7-22(17-28(24)36(40)41)31-26-13-16-34(2)27-10-8-23(35(38)39)18-25(26)27;;/h3-18H,1-2H3,(H,32,37);2*1H. The number of carbonyl (C=O) groups excluding carboxylic acids is 1. The van der Waals surface area contributed by atoms with E-state index in [1.807, 2.05) is 47.8 Å². The third kappa shape index (κ3) is 7.31. The molecule has 2 aromatic heterocycles. The van der Waals surface area contributed by atoms with Crippen LogP contribution in [0.1, 0.15) is 10.4 Å². The molecule has 0 aliphatic heterocycles. The van der Waals surface area contributed by atoms with Crippen LogP contribution in [-0.4, -0.2) is 15.8 Å². The number of hydrogen-bond acceptors (Lipinski definition) is 7. The van der Waals surface area contributed by atoms with E-state index in [2.05, 4.69) is 16.0 Å². The number of fused-ring (bicyclic) bond motifs is 1. The molecule has 0 spiro atoms. The Morgan fingerprint density at radius 1 is 0.698 bits per heavy atom. The fourth-order valence-corrected chi connectivity index (χ4v) is 4.32. The van der Waals surface area contributed by atoms with E-state index in [0.29, 0.717) is 22.4 Å². The number of non-ortho nitro benzene ring substituents is 1. The molecular weight excluding hydrogens is 597 g/mol. The van der Waals surface area contributed by atoms with Crippen LogP contribution < -0.4 is 49.9 Å². The SMILES string of the molecule is C[n+]1ccc(Nc2ccc(NC(=O)c3ccc(Nc4cc[n+](C)c5ccc([N+](=O)[O-])cc45)cc3[N+](=O)[O-])cc2)cc1.[Cl-].[Cl-]. The summed E-state index contributed by atoms with van der Waals surface area (Å²) >= 11 is 0. The highest BCUT2D eigenvalue weighted by Gasteiger charge is 2.22. The molecular formula is C29H25Cl2N7O5. The second kappa shape index (κ2) is 13.6. The highest BCUT2D eigenvalue weighted by Crippen LogP contribution is 2.31. The largest absolute Gasteiger partial charge is 1.00 e. The van der Waals surface area contributed by atoms with Gasteiger partial charge in [0.15, 0.2) is 18.6 Å². The van der Waals surface area contributed by atoms with Gasteiger partial charge in [0.25, 0.3) is 17.3 Å². The van der Waals surface area contributed by atoms with Crippen LogP contribution in [0.2, 0.25) is 0 Å². The number of rotatable bonds is 8. The predicted molar refractivity (Wildman–Crippen MR) is 153 cm³/mol. The van der Waals surface area contributed by atoms with Gasteiger partial charge < -0.3 is 40.8 Å². The Morgan fingerprint density at radius 2 is 1.33 bits per heavy atom. The zero-order valence-electron chi connectivity index (χ0n) is 22.8. The minimum atomic E-state index is -0.632. The van der Waals surface area contributed by atoms with E-state index in [1.54, 1.807) is 48.7 Å². The third-order valence-corrected chi connectivity index (χ3v) is 6.45. The molecule has 0 atom stereocenters. The number of nitro groups is 2. The van der Waals surface area contributed by atoms with Gasteiger partial charge in [-0.3, -0.25) is 25.0 Å². The van der Waals surface area contributed by atoms with Crippen molar-refractivity contribution in [2.24, 2.45) is 14.1 Å². The minimum Gasteiger partial charge on any atom is -1.00 e. The molecule has 43 heavy (non-hydrogen) atoms. The van der Waals surface area contributed by atoms with Gasteiger partial charge in [-0.2, -0.15) is 0 Å². The second-order valence-corrected chi connectivity index (χ2v) is 9.32. The molecule has 14 heteroatoms. The number of aromatic nitrogens is 2. The van der Waals surface area contributed by atoms with Gasteiger partial charge in [0.1, 0.15) is 19.7 Å². The number of carbonyl (C=O) groups is 1. The predicted octanol–water partition coefficient (Wildman–Crippen LogP) is -0.947. The van der Waals surface area contributed by atoms with Gasteiger partial charge in [-0.15, -0.1) is 0 Å². The normalized spacial score (nSPS) is 10.2. The first-order valence-electron chi connectivity index (χ1n) is 12.4. The molecule has 2 heterocycles. The summed E-state index contributed by atoms with van der Waals surface area (Å²) in [7, 11) is 3.74. The minimum absolute atomic E-state index is 0. The van der Waals surface area contributed by atoms with E-state index in [1.165, 1.54) is 24.3 Å². The Balaban J connectivity index is 0.00000253. The van der Waals surface area contributed by atoms with Crippen LogP contribution in [0, 0.1) is 20.2 Å². The number of aryl methyl sites for hydroxylation is 2. The van der Waals surface area contributed by atoms with Crippen LogP contribution in [0.5, 0.6) is 0 Å². The van der Waals surface area contributed by atoms with E-state index in [-0.39, 0.29) is 41.8 Å². The lowest BCUT2D eigenvalue weighted by atomic mass is 10.1. The maximum absolute atomic E-state index is 13.0. The summed E-state index contributed by atoms with van der Waals surface area (Å²) in [4.78, 5) is 35.1. The van der Waals surface area contributed by atoms with Crippen LogP contribution in [0.15, 0.2) is 97.5 Å². The lowest BCUT2D eigenvalue weighted by molar-refractivity contribution is -0.671. The summed E-state index contributed by atoms with van der Waals surface area (Å²) in [6.45, 7) is 0. The summed E-state index contributed by atoms with van der Waals surface area (Å²) in [6.07, 6.45) is 5.60. The zero-order chi connectivity index (χ0) is 29.1. The lowest BCUT2D eigenvalue weighted by Gasteiger charge is -2.11. The van der Waals surface area contributed by atoms with Crippen molar-refractivity contribution in [1.29, 1.82) is 0 Å². The first-order chi connectivity index (χ1) is 19.7. The Hall–Kier alpha value is -5.33. The molecule has 5 aromatic rings. The number of halogens is 2. The molecule has 220 valence electrons. The maximum Gasteiger partial charge on any atom is 0.284 e. The van der Waals surface area contributed by atoms with Crippen molar-refractivity contribution in [1.82, 2.24) is 0 Å². The second-order valence-electron chi connectivity index (χ2n) is 9.32. The summed E-state index contributed by atoms with van der Waals surface area (Å²) in [6, 6.07) is 21.2. The van der Waals surface area contributed by atoms with Crippen LogP contribution in [0.25, 0.3) is 10.9 Å². The highest BCUT2D eigenvalue weighted by atomic mass is 35.5. The van der Waals surface area contributed by atoms with E-state index < -0.39 is 15.8 Å². The summed E-state index contributed by atoms with van der Waals surface area (Å²) in [5.41, 5.74) is 3.20. The van der Waals surface area contributed by atoms with Gasteiger partial charge in [-0.1, -0.05) is 0 Å². The Morgan fingerprint density at radius 3 is 1.98 bits per heavy atom. The smallest absolute Gasteiger partial charge is 0.284 e. The van der Waals surface area contributed by atoms with Crippen molar-refractivity contribution < 1.29 is 48.6 Å². The number of nitro benzene ring substituents is 2. The lowest BCUT2D eigenvalue weighted by Crippen LogP contribution is -3.00. The van der Waals surface area contributed by atoms with Gasteiger partial charge >= 0.3 is 0 Å². The number of amides is 1. The molecule has 3 aromatic carbocycles. The Bertz CT molecular complexity index is 1820. The van der Waals surface area contributed by atoms with E-state index in [0.717, 1.165) is 16.9 Å². The highest BCUT2D eigenvalue weighted by molar-refractivity contribution is 6.07. The molecule has 3 N–H and O–H groups in total. The van der Waals surface area contributed by atoms with Crippen LogP contribution in [0.4, 0.5) is 39.8 Å². The molecule has 0 saturated carbocycles. The van der Waals surface area contributed by atoms with E-state index >= 15 is 0 Å². The first kappa shape index (κ1) is 32.2. The maximum atomic E-state index is 13.0. The summed E-state index contributed by atoms with van der Waals surface area (Å²) < 4.78 is 3.73. The quantitative estimate of drug-likeness (QED) is 0.115. The molecule has 0 saturated heterocycles. The number of anilines is 5. The molecule has 12 nitrogen and oxygen atoms in total. The first-order valence-corrected chi connectivity index (χ1v) is 12.4. The number of nitrogens with zero attached hydrogens (tertiary/aromatic N) is 4. The molecule has 0 aliphatic rings. The van der Waals surface area contributed by atoms with Crippen molar-refractivity contribution in [3.8, 4) is 0 Å². The number of hydrogen-bond donors (Lipinski definition) is 3. The Kier molecular flexibility index (Phi) is 10.1. The third-order valence-electron chi connectivity index (χ3n) is 6.45.